The molecule has 0 unspecified atom stereocenters. The van der Waals surface area contributed by atoms with E-state index in [1.54, 1.807) is 0 Å². The fraction of sp³-hybridized carbons (Fsp3) is 0.286. The van der Waals surface area contributed by atoms with Gasteiger partial charge in [-0.15, -0.1) is 6.08 Å². The van der Waals surface area contributed by atoms with Crippen molar-refractivity contribution in [2.24, 2.45) is 0 Å². The number of hydrogen-bond acceptors (Lipinski definition) is 0. The second kappa shape index (κ2) is 7.00. The van der Waals surface area contributed by atoms with E-state index in [-0.39, 0.29) is 24.5 Å². The second-order valence-electron chi connectivity index (χ2n) is 1.32. The van der Waals surface area contributed by atoms with Crippen LogP contribution in [0.1, 0.15) is 12.8 Å². The van der Waals surface area contributed by atoms with E-state index in [2.05, 4.69) is 24.3 Å². The van der Waals surface area contributed by atoms with Crippen LogP contribution in [0.2, 0.25) is 0 Å². The minimum atomic E-state index is 0. The van der Waals surface area contributed by atoms with Crippen molar-refractivity contribution >= 4 is 0 Å². The maximum Gasteiger partial charge on any atom is 2.00 e. The molecule has 0 aromatic carbocycles. The molecule has 0 saturated carbocycles. The number of rotatable bonds is 0. The van der Waals surface area contributed by atoms with Gasteiger partial charge in [-0.3, -0.25) is 6.08 Å². The summed E-state index contributed by atoms with van der Waals surface area (Å²) >= 11 is 0. The Hall–Kier alpha value is -0.000519. The summed E-state index contributed by atoms with van der Waals surface area (Å²) in [5.41, 5.74) is 0. The van der Waals surface area contributed by atoms with Gasteiger partial charge in [-0.25, -0.2) is 0 Å². The summed E-state index contributed by atoms with van der Waals surface area (Å²) in [5.74, 6) is 0. The number of hydrogen-bond donors (Lipinski definition) is 0. The molecule has 0 nitrogen and oxygen atoms in total. The van der Waals surface area contributed by atoms with E-state index in [9.17, 15) is 0 Å². The molecular formula is C7H10Fe. The van der Waals surface area contributed by atoms with Crippen LogP contribution >= 0.6 is 0 Å². The van der Waals surface area contributed by atoms with Crippen LogP contribution in [0.5, 0.6) is 0 Å². The molecule has 0 aromatic heterocycles. The smallest absolute Gasteiger partial charge is 0.496 e. The molecule has 0 heterocycles. The first-order valence-corrected chi connectivity index (χ1v) is 2.20. The Balaban J connectivity index is 0. The van der Waals surface area contributed by atoms with Crippen LogP contribution in [0.25, 0.3) is 0 Å². The molecule has 0 amide bonds. The first kappa shape index (κ1) is 10.9. The van der Waals surface area contributed by atoms with E-state index in [0.717, 1.165) is 12.8 Å². The normalized spacial score (nSPS) is 14.0. The molecule has 1 aliphatic carbocycles. The SMILES string of the molecule is [C-]1=CCC=CC1.[CH3-].[Fe+2]. The largest absolute Gasteiger partial charge is 2.00 e. The Kier molecular flexibility index (Phi) is 9.53. The van der Waals surface area contributed by atoms with E-state index >= 15 is 0 Å². The maximum atomic E-state index is 3.07. The molecule has 1 heteroatoms. The third-order valence-corrected chi connectivity index (χ3v) is 0.801. The molecule has 0 saturated heterocycles. The summed E-state index contributed by atoms with van der Waals surface area (Å²) in [6.45, 7) is 0. The van der Waals surface area contributed by atoms with Crippen LogP contribution < -0.4 is 0 Å². The molecule has 1 rings (SSSR count). The van der Waals surface area contributed by atoms with Crippen molar-refractivity contribution in [2.45, 2.75) is 12.8 Å². The molecule has 0 spiro atoms. The third kappa shape index (κ3) is 4.17. The van der Waals surface area contributed by atoms with Gasteiger partial charge < -0.3 is 13.5 Å². The molecule has 46 valence electrons. The molecule has 1 aliphatic rings. The monoisotopic (exact) mass is 150 g/mol. The van der Waals surface area contributed by atoms with Crippen molar-refractivity contribution < 1.29 is 17.1 Å². The summed E-state index contributed by atoms with van der Waals surface area (Å²) in [6, 6.07) is 0. The molecular weight excluding hydrogens is 140 g/mol. The van der Waals surface area contributed by atoms with Crippen molar-refractivity contribution in [1.82, 2.24) is 0 Å². The third-order valence-electron chi connectivity index (χ3n) is 0.801. The van der Waals surface area contributed by atoms with Gasteiger partial charge in [-0.2, -0.15) is 6.42 Å². The van der Waals surface area contributed by atoms with Gasteiger partial charge in [0.2, 0.25) is 0 Å². The summed E-state index contributed by atoms with van der Waals surface area (Å²) in [6.07, 6.45) is 11.5. The van der Waals surface area contributed by atoms with Crippen LogP contribution in [0.4, 0.5) is 0 Å². The van der Waals surface area contributed by atoms with E-state index in [0.29, 0.717) is 0 Å². The standard InChI is InChI=1S/C6H7.CH3.Fe/c1-2-4-6-5-3-1;;/h1-2,5H,3-4H2;1H3;/q2*-1;+2. The Labute approximate surface area is 62.1 Å². The molecule has 0 bridgehead atoms. The summed E-state index contributed by atoms with van der Waals surface area (Å²) in [5, 5.41) is 0. The van der Waals surface area contributed by atoms with Gasteiger partial charge in [0.1, 0.15) is 0 Å². The Morgan fingerprint density at radius 2 is 2.00 bits per heavy atom. The van der Waals surface area contributed by atoms with Gasteiger partial charge in [0.15, 0.2) is 0 Å². The molecule has 0 N–H and O–H groups in total. The van der Waals surface area contributed by atoms with Gasteiger partial charge in [0.05, 0.1) is 0 Å². The molecule has 8 heavy (non-hydrogen) atoms. The van der Waals surface area contributed by atoms with E-state index in [4.69, 9.17) is 0 Å². The summed E-state index contributed by atoms with van der Waals surface area (Å²) < 4.78 is 0. The van der Waals surface area contributed by atoms with Gasteiger partial charge in [0, 0.05) is 0 Å². The quantitative estimate of drug-likeness (QED) is 0.282. The zero-order chi connectivity index (χ0) is 4.24. The van der Waals surface area contributed by atoms with Crippen molar-refractivity contribution in [3.8, 4) is 0 Å². The average molecular weight is 150 g/mol. The van der Waals surface area contributed by atoms with Gasteiger partial charge in [0.25, 0.3) is 0 Å². The first-order valence-electron chi connectivity index (χ1n) is 2.20. The van der Waals surface area contributed by atoms with E-state index in [1.165, 1.54) is 0 Å². The van der Waals surface area contributed by atoms with E-state index in [1.807, 2.05) is 0 Å². The molecule has 0 fully saturated rings. The first-order chi connectivity index (χ1) is 3.00. The van der Waals surface area contributed by atoms with Crippen molar-refractivity contribution in [3.63, 3.8) is 0 Å². The van der Waals surface area contributed by atoms with Crippen LogP contribution in [0.3, 0.4) is 0 Å². The molecule has 0 aromatic rings. The predicted octanol–water partition coefficient (Wildman–Crippen LogP) is 2.14. The Morgan fingerprint density at radius 3 is 2.12 bits per heavy atom. The van der Waals surface area contributed by atoms with Crippen molar-refractivity contribution in [1.29, 1.82) is 0 Å². The molecule has 0 radical (unpaired) electrons. The minimum Gasteiger partial charge on any atom is -0.496 e. The Morgan fingerprint density at radius 1 is 1.25 bits per heavy atom. The van der Waals surface area contributed by atoms with Crippen LogP contribution in [-0.2, 0) is 17.1 Å². The molecule has 0 atom stereocenters. The second-order valence-corrected chi connectivity index (χ2v) is 1.32. The topological polar surface area (TPSA) is 0 Å². The fourth-order valence-electron chi connectivity index (χ4n) is 0.482. The number of allylic oxidation sites excluding steroid dienone is 4. The zero-order valence-corrected chi connectivity index (χ0v) is 6.10. The fourth-order valence-corrected chi connectivity index (χ4v) is 0.482. The van der Waals surface area contributed by atoms with Crippen molar-refractivity contribution in [3.05, 3.63) is 31.7 Å². The zero-order valence-electron chi connectivity index (χ0n) is 5.00. The molecule has 0 aliphatic heterocycles. The maximum absolute atomic E-state index is 3.07. The van der Waals surface area contributed by atoms with Gasteiger partial charge in [-0.1, -0.05) is 6.08 Å². The predicted molar refractivity (Wildman–Crippen MR) is 32.6 cm³/mol. The van der Waals surface area contributed by atoms with Crippen LogP contribution in [0, 0.1) is 13.5 Å². The summed E-state index contributed by atoms with van der Waals surface area (Å²) in [7, 11) is 0. The van der Waals surface area contributed by atoms with Crippen LogP contribution in [-0.4, -0.2) is 0 Å². The Bertz CT molecular complexity index is 62.4. The van der Waals surface area contributed by atoms with Gasteiger partial charge in [-0.05, 0) is 6.42 Å². The van der Waals surface area contributed by atoms with Crippen molar-refractivity contribution in [2.75, 3.05) is 0 Å². The summed E-state index contributed by atoms with van der Waals surface area (Å²) in [4.78, 5) is 0. The van der Waals surface area contributed by atoms with E-state index < -0.39 is 0 Å². The van der Waals surface area contributed by atoms with Gasteiger partial charge >= 0.3 is 17.1 Å². The minimum absolute atomic E-state index is 0. The van der Waals surface area contributed by atoms with Crippen LogP contribution in [0.15, 0.2) is 18.2 Å². The average Bonchev–Trinajstić information content (AvgIpc) is 1.72.